The van der Waals surface area contributed by atoms with E-state index in [-0.39, 0.29) is 30.6 Å². The molecule has 3 N–H and O–H groups in total. The van der Waals surface area contributed by atoms with Crippen molar-refractivity contribution in [2.45, 2.75) is 45.1 Å². The zero-order valence-corrected chi connectivity index (χ0v) is 19.5. The highest BCUT2D eigenvalue weighted by Crippen LogP contribution is 2.29. The van der Waals surface area contributed by atoms with Crippen LogP contribution in [0.2, 0.25) is 0 Å². The van der Waals surface area contributed by atoms with Crippen LogP contribution in [-0.2, 0) is 14.2 Å². The molecule has 4 rings (SSSR count). The Hall–Kier alpha value is -3.01. The van der Waals surface area contributed by atoms with Crippen molar-refractivity contribution in [1.82, 2.24) is 5.32 Å². The highest BCUT2D eigenvalue weighted by Gasteiger charge is 2.49. The number of benzene rings is 2. The van der Waals surface area contributed by atoms with Gasteiger partial charge >= 0.3 is 6.09 Å². The summed E-state index contributed by atoms with van der Waals surface area (Å²) in [6.45, 7) is 6.15. The maximum Gasteiger partial charge on any atom is 0.412 e. The second-order valence-electron chi connectivity index (χ2n) is 8.38. The van der Waals surface area contributed by atoms with Crippen LogP contribution in [0.15, 0.2) is 42.5 Å². The lowest BCUT2D eigenvalue weighted by Gasteiger charge is -2.20. The van der Waals surface area contributed by atoms with Crippen molar-refractivity contribution in [3.05, 3.63) is 59.2 Å². The van der Waals surface area contributed by atoms with Gasteiger partial charge in [-0.1, -0.05) is 18.2 Å². The molecule has 0 unspecified atom stereocenters. The number of rotatable bonds is 5. The largest absolute Gasteiger partial charge is 0.441 e. The van der Waals surface area contributed by atoms with Crippen molar-refractivity contribution in [1.29, 1.82) is 0 Å². The maximum atomic E-state index is 12.4. The first-order valence-electron chi connectivity index (χ1n) is 10.8. The molecule has 0 spiro atoms. The van der Waals surface area contributed by atoms with Gasteiger partial charge in [-0.25, -0.2) is 4.79 Å². The van der Waals surface area contributed by atoms with Crippen molar-refractivity contribution < 1.29 is 23.8 Å². The molecule has 2 heterocycles. The van der Waals surface area contributed by atoms with E-state index in [1.54, 1.807) is 24.3 Å². The molecule has 9 heteroatoms. The molecule has 174 valence electrons. The molecule has 33 heavy (non-hydrogen) atoms. The summed E-state index contributed by atoms with van der Waals surface area (Å²) in [5.41, 5.74) is 4.21. The van der Waals surface area contributed by atoms with Crippen molar-refractivity contribution in [2.75, 3.05) is 23.8 Å². The quantitative estimate of drug-likeness (QED) is 0.452. The molecule has 0 aliphatic carbocycles. The molecule has 2 aromatic rings. The predicted molar refractivity (Wildman–Crippen MR) is 129 cm³/mol. The first kappa shape index (κ1) is 23.2. The van der Waals surface area contributed by atoms with Gasteiger partial charge in [0.05, 0.1) is 19.3 Å². The van der Waals surface area contributed by atoms with Crippen molar-refractivity contribution >= 4 is 40.6 Å². The van der Waals surface area contributed by atoms with E-state index in [0.717, 1.165) is 16.8 Å². The molecule has 2 fully saturated rings. The highest BCUT2D eigenvalue weighted by molar-refractivity contribution is 7.80. The van der Waals surface area contributed by atoms with Crippen LogP contribution in [-0.4, -0.2) is 54.6 Å². The van der Waals surface area contributed by atoms with Gasteiger partial charge in [-0.3, -0.25) is 10.1 Å². The summed E-state index contributed by atoms with van der Waals surface area (Å²) in [6, 6.07) is 12.7. The van der Waals surface area contributed by atoms with Gasteiger partial charge in [-0.2, -0.15) is 0 Å². The van der Waals surface area contributed by atoms with Crippen molar-refractivity contribution in [3.8, 4) is 0 Å². The monoisotopic (exact) mass is 469 g/mol. The van der Waals surface area contributed by atoms with Gasteiger partial charge in [0.2, 0.25) is 0 Å². The maximum absolute atomic E-state index is 12.4. The number of hydrogen-bond acceptors (Lipinski definition) is 6. The average molecular weight is 470 g/mol. The zero-order valence-electron chi connectivity index (χ0n) is 18.7. The Bertz CT molecular complexity index is 1060. The second kappa shape index (κ2) is 9.86. The van der Waals surface area contributed by atoms with Gasteiger partial charge in [0, 0.05) is 16.9 Å². The van der Waals surface area contributed by atoms with E-state index in [9.17, 15) is 9.59 Å². The Kier molecular flexibility index (Phi) is 6.92. The lowest BCUT2D eigenvalue weighted by atomic mass is 10.1. The number of carbonyl (C=O) groups excluding carboxylic acids is 2. The number of anilines is 2. The number of ether oxygens (including phenoxy) is 3. The van der Waals surface area contributed by atoms with Crippen LogP contribution in [0.25, 0.3) is 0 Å². The summed E-state index contributed by atoms with van der Waals surface area (Å²) in [7, 11) is 0. The third-order valence-electron chi connectivity index (χ3n) is 5.58. The number of carbonyl (C=O) groups is 2. The van der Waals surface area contributed by atoms with E-state index in [1.165, 1.54) is 6.92 Å². The Morgan fingerprint density at radius 1 is 0.970 bits per heavy atom. The molecule has 4 atom stereocenters. The molecule has 0 radical (unpaired) electrons. The van der Waals surface area contributed by atoms with Gasteiger partial charge < -0.3 is 24.8 Å². The third-order valence-corrected chi connectivity index (χ3v) is 5.80. The normalized spacial score (nSPS) is 23.5. The van der Waals surface area contributed by atoms with Crippen LogP contribution in [0.5, 0.6) is 0 Å². The summed E-state index contributed by atoms with van der Waals surface area (Å²) in [4.78, 5) is 23.9. The SMILES string of the molecule is CC(=O)c1cccc(NC(=O)O[C@@H]2CO[C@H]3[C@H]2OC[C@H]3NC(=S)Nc2cc(C)cc(C)c2)c1. The van der Waals surface area contributed by atoms with Gasteiger partial charge in [-0.15, -0.1) is 0 Å². The first-order valence-corrected chi connectivity index (χ1v) is 11.2. The number of fused-ring (bicyclic) bond motifs is 1. The summed E-state index contributed by atoms with van der Waals surface area (Å²) in [6.07, 6.45) is -1.85. The minimum absolute atomic E-state index is 0.0816. The van der Waals surface area contributed by atoms with E-state index < -0.39 is 12.2 Å². The molecule has 2 saturated heterocycles. The van der Waals surface area contributed by atoms with Crippen LogP contribution in [0.4, 0.5) is 16.2 Å². The molecule has 2 aliphatic heterocycles. The number of ketones is 1. The van der Waals surface area contributed by atoms with Gasteiger partial charge in [-0.05, 0) is 68.4 Å². The number of Topliss-reactive ketones (excluding diaryl/α,β-unsaturated/α-hetero) is 1. The standard InChI is InChI=1S/C24H27N3O5S/c1-13-7-14(2)9-18(8-13)25-23(33)27-19-11-30-22-20(12-31-21(19)22)32-24(29)26-17-6-4-5-16(10-17)15(3)28/h4-10,19-22H,11-12H2,1-3H3,(H,26,29)(H2,25,27,33)/t19-,20-,21-,22+/m1/s1. The molecule has 0 bridgehead atoms. The summed E-state index contributed by atoms with van der Waals surface area (Å²) in [5.74, 6) is -0.0816. The molecule has 2 aromatic carbocycles. The molecule has 8 nitrogen and oxygen atoms in total. The molecular weight excluding hydrogens is 442 g/mol. The predicted octanol–water partition coefficient (Wildman–Crippen LogP) is 3.58. The summed E-state index contributed by atoms with van der Waals surface area (Å²) in [5, 5.41) is 9.58. The smallest absolute Gasteiger partial charge is 0.412 e. The van der Waals surface area contributed by atoms with E-state index in [0.29, 0.717) is 23.0 Å². The van der Waals surface area contributed by atoms with Crippen LogP contribution >= 0.6 is 12.2 Å². The fraction of sp³-hybridized carbons (Fsp3) is 0.375. The molecule has 1 amide bonds. The lowest BCUT2D eigenvalue weighted by molar-refractivity contribution is 0.00880. The fourth-order valence-corrected chi connectivity index (χ4v) is 4.44. The van der Waals surface area contributed by atoms with Crippen LogP contribution in [0.1, 0.15) is 28.4 Å². The zero-order chi connectivity index (χ0) is 23.5. The highest BCUT2D eigenvalue weighted by atomic mass is 32.1. The third kappa shape index (κ3) is 5.68. The summed E-state index contributed by atoms with van der Waals surface area (Å²) >= 11 is 5.47. The van der Waals surface area contributed by atoms with Crippen LogP contribution in [0, 0.1) is 13.8 Å². The average Bonchev–Trinajstić information content (AvgIpc) is 3.31. The molecule has 0 aromatic heterocycles. The van der Waals surface area contributed by atoms with E-state index in [4.69, 9.17) is 26.4 Å². The van der Waals surface area contributed by atoms with Crippen LogP contribution < -0.4 is 16.0 Å². The van der Waals surface area contributed by atoms with E-state index in [2.05, 4.69) is 22.0 Å². The van der Waals surface area contributed by atoms with E-state index >= 15 is 0 Å². The summed E-state index contributed by atoms with van der Waals surface area (Å²) < 4.78 is 17.3. The molecular formula is C24H27N3O5S. The molecule has 2 aliphatic rings. The molecule has 0 saturated carbocycles. The number of aryl methyl sites for hydroxylation is 2. The van der Waals surface area contributed by atoms with Gasteiger partial charge in [0.15, 0.2) is 17.0 Å². The van der Waals surface area contributed by atoms with Gasteiger partial charge in [0.1, 0.15) is 12.2 Å². The van der Waals surface area contributed by atoms with E-state index in [1.807, 2.05) is 26.0 Å². The Morgan fingerprint density at radius 3 is 2.42 bits per heavy atom. The number of hydrogen-bond donors (Lipinski definition) is 3. The minimum atomic E-state index is -0.628. The number of amides is 1. The number of nitrogens with one attached hydrogen (secondary N) is 3. The van der Waals surface area contributed by atoms with Crippen molar-refractivity contribution in [3.63, 3.8) is 0 Å². The van der Waals surface area contributed by atoms with Gasteiger partial charge in [0.25, 0.3) is 0 Å². The Morgan fingerprint density at radius 2 is 1.70 bits per heavy atom. The Balaban J connectivity index is 1.29. The lowest BCUT2D eigenvalue weighted by Crippen LogP contribution is -2.46. The Labute approximate surface area is 198 Å². The second-order valence-corrected chi connectivity index (χ2v) is 8.79. The first-order chi connectivity index (χ1) is 15.8. The van der Waals surface area contributed by atoms with Crippen LogP contribution in [0.3, 0.4) is 0 Å². The minimum Gasteiger partial charge on any atom is -0.441 e. The van der Waals surface area contributed by atoms with Crippen molar-refractivity contribution in [2.24, 2.45) is 0 Å². The topological polar surface area (TPSA) is 97.9 Å². The fourth-order valence-electron chi connectivity index (χ4n) is 4.17. The number of thiocarbonyl (C=S) groups is 1.